The number of ether oxygens (including phenoxy) is 2. The van der Waals surface area contributed by atoms with Crippen molar-refractivity contribution in [3.63, 3.8) is 0 Å². The number of fused-ring (bicyclic) bond motifs is 3. The van der Waals surface area contributed by atoms with E-state index in [9.17, 15) is 9.59 Å². The summed E-state index contributed by atoms with van der Waals surface area (Å²) in [4.78, 5) is 29.7. The first-order valence-corrected chi connectivity index (χ1v) is 10.7. The maximum atomic E-state index is 13.1. The average molecular weight is 403 g/mol. The van der Waals surface area contributed by atoms with Crippen LogP contribution in [0.1, 0.15) is 52.5 Å². The van der Waals surface area contributed by atoms with Gasteiger partial charge in [-0.2, -0.15) is 0 Å². The molecule has 2 fully saturated rings. The lowest BCUT2D eigenvalue weighted by Crippen LogP contribution is -2.50. The van der Waals surface area contributed by atoms with E-state index in [1.807, 2.05) is 51.1 Å². The minimum absolute atomic E-state index is 0.117. The summed E-state index contributed by atoms with van der Waals surface area (Å²) < 4.78 is 11.3. The second kappa shape index (κ2) is 9.16. The van der Waals surface area contributed by atoms with E-state index in [1.54, 1.807) is 4.90 Å². The van der Waals surface area contributed by atoms with Crippen LogP contribution < -0.4 is 0 Å². The zero-order valence-corrected chi connectivity index (χ0v) is 18.1. The van der Waals surface area contributed by atoms with Gasteiger partial charge in [-0.25, -0.2) is 4.79 Å². The zero-order chi connectivity index (χ0) is 21.0. The summed E-state index contributed by atoms with van der Waals surface area (Å²) in [6, 6.07) is 9.40. The normalized spacial score (nSPS) is 27.5. The molecule has 3 unspecified atom stereocenters. The fourth-order valence-electron chi connectivity index (χ4n) is 4.33. The molecule has 4 atom stereocenters. The van der Waals surface area contributed by atoms with Crippen LogP contribution in [0.5, 0.6) is 0 Å². The minimum atomic E-state index is -0.538. The van der Waals surface area contributed by atoms with Gasteiger partial charge >= 0.3 is 12.1 Å². The van der Waals surface area contributed by atoms with Crippen molar-refractivity contribution in [2.24, 2.45) is 11.8 Å². The molecule has 2 heterocycles. The number of hydrogen-bond donors (Lipinski definition) is 0. The first-order valence-electron chi connectivity index (χ1n) is 10.7. The Balaban J connectivity index is 1.75. The molecule has 0 saturated carbocycles. The number of amides is 1. The lowest BCUT2D eigenvalue weighted by atomic mass is 9.82. The number of rotatable bonds is 3. The van der Waals surface area contributed by atoms with Crippen LogP contribution in [0.4, 0.5) is 4.79 Å². The molecule has 0 aliphatic carbocycles. The van der Waals surface area contributed by atoms with Gasteiger partial charge in [0.05, 0.1) is 6.67 Å². The molecule has 0 aromatic heterocycles. The third kappa shape index (κ3) is 5.72. The van der Waals surface area contributed by atoms with Gasteiger partial charge in [-0.1, -0.05) is 43.7 Å². The molecule has 6 heteroatoms. The van der Waals surface area contributed by atoms with Gasteiger partial charge in [-0.3, -0.25) is 14.6 Å². The van der Waals surface area contributed by atoms with Crippen LogP contribution >= 0.6 is 0 Å². The first-order chi connectivity index (χ1) is 13.7. The van der Waals surface area contributed by atoms with Crippen molar-refractivity contribution in [1.29, 1.82) is 0 Å². The van der Waals surface area contributed by atoms with E-state index in [4.69, 9.17) is 9.47 Å². The topological polar surface area (TPSA) is 59.1 Å². The van der Waals surface area contributed by atoms with E-state index in [0.29, 0.717) is 13.2 Å². The Labute approximate surface area is 174 Å². The van der Waals surface area contributed by atoms with E-state index in [2.05, 4.69) is 11.8 Å². The van der Waals surface area contributed by atoms with Crippen LogP contribution in [-0.4, -0.2) is 53.3 Å². The first kappa shape index (κ1) is 21.6. The Kier molecular flexibility index (Phi) is 6.83. The van der Waals surface area contributed by atoms with Gasteiger partial charge in [0.2, 0.25) is 0 Å². The smallest absolute Gasteiger partial charge is 0.411 e. The summed E-state index contributed by atoms with van der Waals surface area (Å²) in [7, 11) is 0. The van der Waals surface area contributed by atoms with E-state index in [1.165, 1.54) is 0 Å². The summed E-state index contributed by atoms with van der Waals surface area (Å²) in [5, 5.41) is 0. The van der Waals surface area contributed by atoms with Gasteiger partial charge in [0.1, 0.15) is 18.2 Å². The molecule has 1 amide bonds. The predicted molar refractivity (Wildman–Crippen MR) is 111 cm³/mol. The molecular formula is C23H34N2O4. The third-order valence-corrected chi connectivity index (χ3v) is 5.83. The van der Waals surface area contributed by atoms with E-state index < -0.39 is 5.60 Å². The molecule has 2 aliphatic heterocycles. The summed E-state index contributed by atoms with van der Waals surface area (Å²) >= 11 is 0. The summed E-state index contributed by atoms with van der Waals surface area (Å²) in [5.41, 5.74) is 0.441. The van der Waals surface area contributed by atoms with Gasteiger partial charge < -0.3 is 9.47 Å². The van der Waals surface area contributed by atoms with E-state index in [0.717, 1.165) is 31.4 Å². The molecular weight excluding hydrogens is 368 g/mol. The fraction of sp³-hybridized carbons (Fsp3) is 0.652. The highest BCUT2D eigenvalue weighted by Gasteiger charge is 2.43. The van der Waals surface area contributed by atoms with Crippen molar-refractivity contribution in [2.45, 2.75) is 65.2 Å². The quantitative estimate of drug-likeness (QED) is 0.714. The van der Waals surface area contributed by atoms with Crippen LogP contribution in [0, 0.1) is 11.8 Å². The van der Waals surface area contributed by atoms with Crippen LogP contribution in [0.3, 0.4) is 0 Å². The van der Waals surface area contributed by atoms with E-state index in [-0.39, 0.29) is 36.5 Å². The molecule has 1 aromatic rings. The van der Waals surface area contributed by atoms with Crippen molar-refractivity contribution in [1.82, 2.24) is 9.80 Å². The Morgan fingerprint density at radius 2 is 1.86 bits per heavy atom. The molecule has 2 aliphatic rings. The maximum Gasteiger partial charge on any atom is 0.411 e. The van der Waals surface area contributed by atoms with Gasteiger partial charge in [0.25, 0.3) is 0 Å². The summed E-state index contributed by atoms with van der Waals surface area (Å²) in [6.07, 6.45) is 2.84. The van der Waals surface area contributed by atoms with Crippen LogP contribution in [0.15, 0.2) is 30.3 Å². The molecule has 0 spiro atoms. The molecule has 3 rings (SSSR count). The largest absolute Gasteiger partial charge is 0.460 e. The van der Waals surface area contributed by atoms with Gasteiger partial charge in [-0.15, -0.1) is 0 Å². The highest BCUT2D eigenvalue weighted by atomic mass is 16.6. The van der Waals surface area contributed by atoms with Crippen molar-refractivity contribution in [2.75, 3.05) is 19.8 Å². The van der Waals surface area contributed by atoms with Crippen LogP contribution in [0.25, 0.3) is 0 Å². The maximum absolute atomic E-state index is 13.1. The molecule has 2 bridgehead atoms. The lowest BCUT2D eigenvalue weighted by molar-refractivity contribution is -0.154. The van der Waals surface area contributed by atoms with Crippen molar-refractivity contribution < 1.29 is 19.1 Å². The number of nitrogens with zero attached hydrogens (tertiary/aromatic N) is 2. The number of carbonyl (C=O) groups is 2. The Hall–Kier alpha value is -2.08. The standard InChI is InChI=1S/C23H34N2O4/c1-17-19-12-8-9-13-24(16-25(14-19)22(27)29-23(2,3)4)20(17)21(26)28-15-18-10-6-5-7-11-18/h5-7,10-11,17,19-20H,8-9,12-16H2,1-4H3/t17?,19?,20-/m0/s1. The molecule has 0 N–H and O–H groups in total. The second-order valence-electron chi connectivity index (χ2n) is 9.31. The van der Waals surface area contributed by atoms with Gasteiger partial charge in [-0.05, 0) is 51.0 Å². The Morgan fingerprint density at radius 3 is 2.55 bits per heavy atom. The number of hydrogen-bond acceptors (Lipinski definition) is 5. The SMILES string of the molecule is CC1C2CCCCN(CN(C(=O)OC(C)(C)C)C2)[C@@H]1C(=O)OCc1ccccc1. The number of esters is 1. The highest BCUT2D eigenvalue weighted by Crippen LogP contribution is 2.33. The second-order valence-corrected chi connectivity index (χ2v) is 9.31. The molecule has 1 aromatic carbocycles. The molecule has 160 valence electrons. The number of benzene rings is 1. The van der Waals surface area contributed by atoms with Crippen molar-refractivity contribution >= 4 is 12.1 Å². The average Bonchev–Trinajstić information content (AvgIpc) is 2.72. The van der Waals surface area contributed by atoms with Crippen molar-refractivity contribution in [3.8, 4) is 0 Å². The lowest BCUT2D eigenvalue weighted by Gasteiger charge is -2.35. The van der Waals surface area contributed by atoms with Gasteiger partial charge in [0, 0.05) is 13.1 Å². The van der Waals surface area contributed by atoms with Crippen molar-refractivity contribution in [3.05, 3.63) is 35.9 Å². The molecule has 2 saturated heterocycles. The van der Waals surface area contributed by atoms with Crippen LogP contribution in [-0.2, 0) is 20.9 Å². The van der Waals surface area contributed by atoms with Gasteiger partial charge in [0.15, 0.2) is 0 Å². The number of carbonyl (C=O) groups excluding carboxylic acids is 2. The zero-order valence-electron chi connectivity index (χ0n) is 18.1. The highest BCUT2D eigenvalue weighted by molar-refractivity contribution is 5.76. The molecule has 6 nitrogen and oxygen atoms in total. The molecule has 29 heavy (non-hydrogen) atoms. The predicted octanol–water partition coefficient (Wildman–Crippen LogP) is 4.04. The summed E-state index contributed by atoms with van der Waals surface area (Å²) in [6.45, 7) is 9.83. The summed E-state index contributed by atoms with van der Waals surface area (Å²) in [5.74, 6) is 0.174. The van der Waals surface area contributed by atoms with E-state index >= 15 is 0 Å². The Morgan fingerprint density at radius 1 is 1.14 bits per heavy atom. The third-order valence-electron chi connectivity index (χ3n) is 5.83. The monoisotopic (exact) mass is 402 g/mol. The Bertz CT molecular complexity index is 701. The minimum Gasteiger partial charge on any atom is -0.460 e. The molecule has 0 radical (unpaired) electrons. The fourth-order valence-corrected chi connectivity index (χ4v) is 4.33. The van der Waals surface area contributed by atoms with Crippen LogP contribution in [0.2, 0.25) is 0 Å².